The predicted octanol–water partition coefficient (Wildman–Crippen LogP) is 4.44. The number of hydrogen-bond donors (Lipinski definition) is 2. The van der Waals surface area contributed by atoms with E-state index in [4.69, 9.17) is 16.7 Å². The lowest BCUT2D eigenvalue weighted by atomic mass is 10.1. The third-order valence-electron chi connectivity index (χ3n) is 4.56. The molecule has 1 heterocycles. The van der Waals surface area contributed by atoms with E-state index in [-0.39, 0.29) is 6.42 Å². The summed E-state index contributed by atoms with van der Waals surface area (Å²) in [5, 5.41) is 17.7. The summed E-state index contributed by atoms with van der Waals surface area (Å²) >= 11 is 5.90. The van der Waals surface area contributed by atoms with Crippen molar-refractivity contribution in [2.24, 2.45) is 0 Å². The Morgan fingerprint density at radius 3 is 2.33 bits per heavy atom. The largest absolute Gasteiger partial charge is 0.481 e. The van der Waals surface area contributed by atoms with Gasteiger partial charge in [0.25, 0.3) is 0 Å². The molecule has 0 saturated heterocycles. The van der Waals surface area contributed by atoms with Crippen LogP contribution in [0.5, 0.6) is 0 Å². The Balaban J connectivity index is 1.64. The Hall–Kier alpha value is -2.79. The minimum Gasteiger partial charge on any atom is -0.481 e. The number of benzene rings is 2. The molecule has 140 valence electrons. The summed E-state index contributed by atoms with van der Waals surface area (Å²) in [6.45, 7) is 5.11. The van der Waals surface area contributed by atoms with Gasteiger partial charge in [-0.2, -0.15) is 5.10 Å². The zero-order valence-electron chi connectivity index (χ0n) is 15.4. The second-order valence-corrected chi connectivity index (χ2v) is 6.99. The van der Waals surface area contributed by atoms with E-state index in [9.17, 15) is 4.79 Å². The number of carboxylic acids is 1. The fourth-order valence-corrected chi connectivity index (χ4v) is 3.13. The molecule has 2 aromatic carbocycles. The lowest BCUT2D eigenvalue weighted by Crippen LogP contribution is -2.06. The van der Waals surface area contributed by atoms with Crippen LogP contribution in [0.2, 0.25) is 5.02 Å². The summed E-state index contributed by atoms with van der Waals surface area (Å²) in [6, 6.07) is 15.9. The number of aryl methyl sites for hydroxylation is 1. The molecule has 0 amide bonds. The smallest absolute Gasteiger partial charge is 0.307 e. The second-order valence-electron chi connectivity index (χ2n) is 6.55. The second kappa shape index (κ2) is 8.27. The minimum atomic E-state index is -0.836. The SMILES string of the molecule is Cc1nn(Cc2ccc(NCc3ccc(Cl)cc3)cc2)c(C)c1CC(=O)O. The lowest BCUT2D eigenvalue weighted by molar-refractivity contribution is -0.136. The van der Waals surface area contributed by atoms with Crippen LogP contribution in [-0.2, 0) is 24.3 Å². The van der Waals surface area contributed by atoms with Gasteiger partial charge in [0.05, 0.1) is 18.7 Å². The van der Waals surface area contributed by atoms with Gasteiger partial charge in [-0.3, -0.25) is 9.48 Å². The first kappa shape index (κ1) is 19.0. The van der Waals surface area contributed by atoms with Crippen molar-refractivity contribution in [3.8, 4) is 0 Å². The summed E-state index contributed by atoms with van der Waals surface area (Å²) in [5.41, 5.74) is 5.78. The minimum absolute atomic E-state index is 0.00518. The van der Waals surface area contributed by atoms with Crippen molar-refractivity contribution in [3.63, 3.8) is 0 Å². The number of nitrogens with one attached hydrogen (secondary N) is 1. The summed E-state index contributed by atoms with van der Waals surface area (Å²) in [4.78, 5) is 11.0. The summed E-state index contributed by atoms with van der Waals surface area (Å²) in [7, 11) is 0. The number of carbonyl (C=O) groups is 1. The lowest BCUT2D eigenvalue weighted by Gasteiger charge is -2.09. The Bertz CT molecular complexity index is 931. The number of halogens is 1. The molecule has 27 heavy (non-hydrogen) atoms. The van der Waals surface area contributed by atoms with E-state index in [0.29, 0.717) is 6.54 Å². The molecular formula is C21H22ClN3O2. The fourth-order valence-electron chi connectivity index (χ4n) is 3.00. The van der Waals surface area contributed by atoms with Crippen molar-refractivity contribution in [2.45, 2.75) is 33.4 Å². The molecule has 0 atom stereocenters. The quantitative estimate of drug-likeness (QED) is 0.632. The maximum absolute atomic E-state index is 11.0. The molecule has 0 unspecified atom stereocenters. The van der Waals surface area contributed by atoms with Gasteiger partial charge in [0, 0.05) is 28.5 Å². The molecular weight excluding hydrogens is 362 g/mol. The molecule has 2 N–H and O–H groups in total. The number of aromatic nitrogens is 2. The van der Waals surface area contributed by atoms with E-state index >= 15 is 0 Å². The van der Waals surface area contributed by atoms with Crippen LogP contribution in [0, 0.1) is 13.8 Å². The number of carboxylic acid groups (broad SMARTS) is 1. The Kier molecular flexibility index (Phi) is 5.81. The monoisotopic (exact) mass is 383 g/mol. The normalized spacial score (nSPS) is 10.8. The van der Waals surface area contributed by atoms with Gasteiger partial charge in [-0.15, -0.1) is 0 Å². The Labute approximate surface area is 163 Å². The fraction of sp³-hybridized carbons (Fsp3) is 0.238. The van der Waals surface area contributed by atoms with Crippen molar-refractivity contribution < 1.29 is 9.90 Å². The van der Waals surface area contributed by atoms with Gasteiger partial charge in [-0.25, -0.2) is 0 Å². The molecule has 0 radical (unpaired) electrons. The van der Waals surface area contributed by atoms with Crippen molar-refractivity contribution in [2.75, 3.05) is 5.32 Å². The van der Waals surface area contributed by atoms with Gasteiger partial charge >= 0.3 is 5.97 Å². The molecule has 0 saturated carbocycles. The molecule has 6 heteroatoms. The molecule has 5 nitrogen and oxygen atoms in total. The number of anilines is 1. The topological polar surface area (TPSA) is 67.2 Å². The van der Waals surface area contributed by atoms with Gasteiger partial charge in [0.2, 0.25) is 0 Å². The van der Waals surface area contributed by atoms with Gasteiger partial charge < -0.3 is 10.4 Å². The van der Waals surface area contributed by atoms with Crippen LogP contribution in [0.25, 0.3) is 0 Å². The highest BCUT2D eigenvalue weighted by molar-refractivity contribution is 6.30. The van der Waals surface area contributed by atoms with E-state index in [1.807, 2.05) is 54.9 Å². The van der Waals surface area contributed by atoms with E-state index in [2.05, 4.69) is 22.5 Å². The maximum Gasteiger partial charge on any atom is 0.307 e. The third-order valence-corrected chi connectivity index (χ3v) is 4.81. The highest BCUT2D eigenvalue weighted by atomic mass is 35.5. The molecule has 0 bridgehead atoms. The number of hydrogen-bond acceptors (Lipinski definition) is 3. The first-order chi connectivity index (χ1) is 12.9. The Morgan fingerprint density at radius 2 is 1.70 bits per heavy atom. The first-order valence-corrected chi connectivity index (χ1v) is 9.12. The van der Waals surface area contributed by atoms with Crippen LogP contribution in [0.15, 0.2) is 48.5 Å². The van der Waals surface area contributed by atoms with Crippen LogP contribution in [0.1, 0.15) is 28.1 Å². The van der Waals surface area contributed by atoms with Crippen LogP contribution in [-0.4, -0.2) is 20.9 Å². The van der Waals surface area contributed by atoms with E-state index < -0.39 is 5.97 Å². The summed E-state index contributed by atoms with van der Waals surface area (Å²) in [5.74, 6) is -0.836. The van der Waals surface area contributed by atoms with Gasteiger partial charge in [0.1, 0.15) is 0 Å². The van der Waals surface area contributed by atoms with E-state index in [1.54, 1.807) is 0 Å². The Morgan fingerprint density at radius 1 is 1.07 bits per heavy atom. The van der Waals surface area contributed by atoms with Crippen LogP contribution in [0.3, 0.4) is 0 Å². The average Bonchev–Trinajstić information content (AvgIpc) is 2.89. The van der Waals surface area contributed by atoms with Crippen molar-refractivity contribution in [3.05, 3.63) is 81.6 Å². The van der Waals surface area contributed by atoms with Crippen molar-refractivity contribution >= 4 is 23.3 Å². The molecule has 3 aromatic rings. The van der Waals surface area contributed by atoms with Gasteiger partial charge in [-0.1, -0.05) is 35.9 Å². The number of aliphatic carboxylic acids is 1. The van der Waals surface area contributed by atoms with Crippen LogP contribution in [0.4, 0.5) is 5.69 Å². The van der Waals surface area contributed by atoms with Crippen LogP contribution < -0.4 is 5.32 Å². The standard InChI is InChI=1S/C21H22ClN3O2/c1-14-20(11-21(26)27)15(2)25(24-14)13-17-5-9-19(10-6-17)23-12-16-3-7-18(22)8-4-16/h3-10,23H,11-13H2,1-2H3,(H,26,27). The molecule has 0 aliphatic carbocycles. The molecule has 0 aliphatic heterocycles. The average molecular weight is 384 g/mol. The van der Waals surface area contributed by atoms with E-state index in [1.165, 1.54) is 0 Å². The molecule has 0 fully saturated rings. The van der Waals surface area contributed by atoms with Gasteiger partial charge in [-0.05, 0) is 49.2 Å². The third kappa shape index (κ3) is 4.89. The van der Waals surface area contributed by atoms with Crippen molar-refractivity contribution in [1.29, 1.82) is 0 Å². The van der Waals surface area contributed by atoms with Crippen LogP contribution >= 0.6 is 11.6 Å². The summed E-state index contributed by atoms with van der Waals surface area (Å²) < 4.78 is 1.86. The zero-order chi connectivity index (χ0) is 19.4. The van der Waals surface area contributed by atoms with Gasteiger partial charge in [0.15, 0.2) is 0 Å². The molecule has 0 aliphatic rings. The predicted molar refractivity (Wildman–Crippen MR) is 107 cm³/mol. The number of rotatable bonds is 7. The molecule has 3 rings (SSSR count). The number of nitrogens with zero attached hydrogens (tertiary/aromatic N) is 2. The van der Waals surface area contributed by atoms with E-state index in [0.717, 1.165) is 45.3 Å². The van der Waals surface area contributed by atoms with Crippen molar-refractivity contribution in [1.82, 2.24) is 9.78 Å². The zero-order valence-corrected chi connectivity index (χ0v) is 16.1. The maximum atomic E-state index is 11.0. The molecule has 1 aromatic heterocycles. The summed E-state index contributed by atoms with van der Waals surface area (Å²) in [6.07, 6.45) is 0.00518. The molecule has 0 spiro atoms. The highest BCUT2D eigenvalue weighted by Gasteiger charge is 2.14. The highest BCUT2D eigenvalue weighted by Crippen LogP contribution is 2.17. The first-order valence-electron chi connectivity index (χ1n) is 8.74.